The van der Waals surface area contributed by atoms with Gasteiger partial charge in [0.05, 0.1) is 5.52 Å². The Morgan fingerprint density at radius 3 is 2.78 bits per heavy atom. The number of benzene rings is 2. The first kappa shape index (κ1) is 9.66. The van der Waals surface area contributed by atoms with Crippen LogP contribution in [-0.4, -0.2) is 10.8 Å². The number of aromatic nitrogens is 1. The van der Waals surface area contributed by atoms with Crippen molar-refractivity contribution in [1.82, 2.24) is 4.98 Å². The van der Waals surface area contributed by atoms with E-state index < -0.39 is 0 Å². The fourth-order valence-electron chi connectivity index (χ4n) is 2.76. The highest BCUT2D eigenvalue weighted by atomic mass is 16.1. The molecule has 0 saturated heterocycles. The van der Waals surface area contributed by atoms with Crippen molar-refractivity contribution >= 4 is 33.7 Å². The lowest BCUT2D eigenvalue weighted by molar-refractivity contribution is -0.114. The Hall–Kier alpha value is -2.35. The van der Waals surface area contributed by atoms with Gasteiger partial charge in [0.1, 0.15) is 0 Å². The maximum Gasteiger partial charge on any atom is 0.160 e. The topological polar surface area (TPSA) is 32.9 Å². The SMILES string of the molecule is O=C1C=Cc2ccc3c([nH]c4ccccc43)c2C1. The van der Waals surface area contributed by atoms with Crippen molar-refractivity contribution in [2.75, 3.05) is 0 Å². The van der Waals surface area contributed by atoms with Crippen LogP contribution in [0.15, 0.2) is 42.5 Å². The highest BCUT2D eigenvalue weighted by molar-refractivity contribution is 6.11. The van der Waals surface area contributed by atoms with Crippen molar-refractivity contribution in [1.29, 1.82) is 0 Å². The summed E-state index contributed by atoms with van der Waals surface area (Å²) in [4.78, 5) is 15.0. The minimum absolute atomic E-state index is 0.175. The first-order chi connectivity index (χ1) is 8.83. The molecule has 0 bridgehead atoms. The van der Waals surface area contributed by atoms with Crippen LogP contribution in [0.25, 0.3) is 27.9 Å². The summed E-state index contributed by atoms with van der Waals surface area (Å²) < 4.78 is 0. The molecule has 1 N–H and O–H groups in total. The zero-order chi connectivity index (χ0) is 12.1. The third-order valence-corrected chi connectivity index (χ3v) is 3.63. The van der Waals surface area contributed by atoms with E-state index in [2.05, 4.69) is 29.2 Å². The molecule has 86 valence electrons. The second-order valence-electron chi connectivity index (χ2n) is 4.70. The highest BCUT2D eigenvalue weighted by Gasteiger charge is 2.15. The molecule has 0 saturated carbocycles. The minimum atomic E-state index is 0.175. The molecular formula is C16H11NO. The predicted octanol–water partition coefficient (Wildman–Crippen LogP) is 3.46. The van der Waals surface area contributed by atoms with Crippen molar-refractivity contribution in [2.45, 2.75) is 6.42 Å². The number of nitrogens with one attached hydrogen (secondary N) is 1. The van der Waals surface area contributed by atoms with Crippen LogP contribution in [0.4, 0.5) is 0 Å². The largest absolute Gasteiger partial charge is 0.354 e. The van der Waals surface area contributed by atoms with Crippen molar-refractivity contribution in [3.63, 3.8) is 0 Å². The number of para-hydroxylation sites is 1. The maximum atomic E-state index is 11.6. The first-order valence-electron chi connectivity index (χ1n) is 6.06. The molecule has 3 aromatic rings. The average molecular weight is 233 g/mol. The second kappa shape index (κ2) is 3.33. The minimum Gasteiger partial charge on any atom is -0.354 e. The van der Waals surface area contributed by atoms with Crippen molar-refractivity contribution in [3.8, 4) is 0 Å². The Morgan fingerprint density at radius 1 is 0.944 bits per heavy atom. The molecule has 2 nitrogen and oxygen atoms in total. The van der Waals surface area contributed by atoms with E-state index in [1.165, 1.54) is 10.8 Å². The summed E-state index contributed by atoms with van der Waals surface area (Å²) in [6.07, 6.45) is 4.07. The van der Waals surface area contributed by atoms with E-state index in [0.29, 0.717) is 6.42 Å². The van der Waals surface area contributed by atoms with Crippen LogP contribution in [0, 0.1) is 0 Å². The number of carbonyl (C=O) groups excluding carboxylic acids is 1. The van der Waals surface area contributed by atoms with Gasteiger partial charge in [0.15, 0.2) is 5.78 Å². The summed E-state index contributed by atoms with van der Waals surface area (Å²) in [7, 11) is 0. The van der Waals surface area contributed by atoms with E-state index in [-0.39, 0.29) is 5.78 Å². The molecule has 18 heavy (non-hydrogen) atoms. The number of hydrogen-bond donors (Lipinski definition) is 1. The molecule has 0 spiro atoms. The molecule has 2 aromatic carbocycles. The smallest absolute Gasteiger partial charge is 0.160 e. The van der Waals surface area contributed by atoms with Crippen LogP contribution in [0.5, 0.6) is 0 Å². The molecule has 0 aliphatic heterocycles. The van der Waals surface area contributed by atoms with Gasteiger partial charge in [0, 0.05) is 22.7 Å². The number of carbonyl (C=O) groups is 1. The first-order valence-corrected chi connectivity index (χ1v) is 6.06. The van der Waals surface area contributed by atoms with Crippen molar-refractivity contribution in [2.24, 2.45) is 0 Å². The number of aromatic amines is 1. The number of fused-ring (bicyclic) bond motifs is 5. The van der Waals surface area contributed by atoms with Gasteiger partial charge in [-0.05, 0) is 23.3 Å². The summed E-state index contributed by atoms with van der Waals surface area (Å²) in [5, 5.41) is 2.42. The normalized spacial score (nSPS) is 14.3. The quantitative estimate of drug-likeness (QED) is 0.633. The standard InChI is InChI=1S/C16H11NO/c18-11-7-5-10-6-8-13-12-3-1-2-4-15(12)17-16(13)14(10)9-11/h1-8,17H,9H2. The van der Waals surface area contributed by atoms with Crippen LogP contribution in [0.3, 0.4) is 0 Å². The van der Waals surface area contributed by atoms with Gasteiger partial charge in [0.2, 0.25) is 0 Å². The predicted molar refractivity (Wildman–Crippen MR) is 73.5 cm³/mol. The molecule has 1 aliphatic rings. The van der Waals surface area contributed by atoms with E-state index in [9.17, 15) is 4.79 Å². The molecule has 0 atom stereocenters. The van der Waals surface area contributed by atoms with Gasteiger partial charge in [-0.15, -0.1) is 0 Å². The Labute approximate surface area is 104 Å². The Morgan fingerprint density at radius 2 is 1.83 bits per heavy atom. The Kier molecular flexibility index (Phi) is 1.78. The molecule has 0 unspecified atom stereocenters. The van der Waals surface area contributed by atoms with Gasteiger partial charge in [0.25, 0.3) is 0 Å². The maximum absolute atomic E-state index is 11.6. The third-order valence-electron chi connectivity index (χ3n) is 3.63. The molecule has 4 rings (SSSR count). The molecule has 1 aromatic heterocycles. The van der Waals surface area contributed by atoms with Crippen molar-refractivity contribution < 1.29 is 4.79 Å². The average Bonchev–Trinajstić information content (AvgIpc) is 2.78. The van der Waals surface area contributed by atoms with Crippen LogP contribution in [0.2, 0.25) is 0 Å². The van der Waals surface area contributed by atoms with Gasteiger partial charge in [-0.1, -0.05) is 36.4 Å². The number of rotatable bonds is 0. The fraction of sp³-hybridized carbons (Fsp3) is 0.0625. The second-order valence-corrected chi connectivity index (χ2v) is 4.70. The van der Waals surface area contributed by atoms with Gasteiger partial charge in [-0.25, -0.2) is 0 Å². The number of hydrogen-bond acceptors (Lipinski definition) is 1. The van der Waals surface area contributed by atoms with Gasteiger partial charge in [-0.2, -0.15) is 0 Å². The summed E-state index contributed by atoms with van der Waals surface area (Å²) in [5.41, 5.74) is 4.50. The lowest BCUT2D eigenvalue weighted by atomic mass is 9.94. The molecular weight excluding hydrogens is 222 g/mol. The monoisotopic (exact) mass is 233 g/mol. The molecule has 1 heterocycles. The molecule has 0 amide bonds. The molecule has 0 radical (unpaired) electrons. The van der Waals surface area contributed by atoms with Crippen LogP contribution >= 0.6 is 0 Å². The van der Waals surface area contributed by atoms with Crippen LogP contribution in [0.1, 0.15) is 11.1 Å². The van der Waals surface area contributed by atoms with Crippen molar-refractivity contribution in [3.05, 3.63) is 53.6 Å². The van der Waals surface area contributed by atoms with E-state index in [4.69, 9.17) is 0 Å². The lowest BCUT2D eigenvalue weighted by Crippen LogP contribution is -2.05. The molecule has 2 heteroatoms. The number of ketones is 1. The Balaban J connectivity index is 2.18. The summed E-state index contributed by atoms with van der Waals surface area (Å²) in [6.45, 7) is 0. The van der Waals surface area contributed by atoms with Crippen LogP contribution < -0.4 is 0 Å². The van der Waals surface area contributed by atoms with Gasteiger partial charge < -0.3 is 4.98 Å². The van der Waals surface area contributed by atoms with E-state index in [1.807, 2.05) is 18.2 Å². The van der Waals surface area contributed by atoms with E-state index in [1.54, 1.807) is 6.08 Å². The summed E-state index contributed by atoms with van der Waals surface area (Å²) >= 11 is 0. The molecule has 1 aliphatic carbocycles. The van der Waals surface area contributed by atoms with Gasteiger partial charge in [-0.3, -0.25) is 4.79 Å². The Bertz CT molecular complexity index is 824. The zero-order valence-electron chi connectivity index (χ0n) is 9.73. The highest BCUT2D eigenvalue weighted by Crippen LogP contribution is 2.31. The third kappa shape index (κ3) is 1.20. The number of allylic oxidation sites excluding steroid dienone is 1. The molecule has 0 fully saturated rings. The van der Waals surface area contributed by atoms with E-state index in [0.717, 1.165) is 22.2 Å². The number of H-pyrrole nitrogens is 1. The van der Waals surface area contributed by atoms with Crippen LogP contribution in [-0.2, 0) is 11.2 Å². The van der Waals surface area contributed by atoms with Gasteiger partial charge >= 0.3 is 0 Å². The summed E-state index contributed by atoms with van der Waals surface area (Å²) in [6, 6.07) is 12.5. The summed E-state index contributed by atoms with van der Waals surface area (Å²) in [5.74, 6) is 0.175. The van der Waals surface area contributed by atoms with E-state index >= 15 is 0 Å². The zero-order valence-corrected chi connectivity index (χ0v) is 9.73. The fourth-order valence-corrected chi connectivity index (χ4v) is 2.76. The lowest BCUT2D eigenvalue weighted by Gasteiger charge is -2.10.